The van der Waals surface area contributed by atoms with Crippen LogP contribution in [0.2, 0.25) is 5.02 Å². The van der Waals surface area contributed by atoms with Crippen LogP contribution in [0.1, 0.15) is 16.8 Å². The Labute approximate surface area is 151 Å². The minimum absolute atomic E-state index is 0.0487. The fraction of sp³-hybridized carbons (Fsp3) is 0.150. The van der Waals surface area contributed by atoms with Gasteiger partial charge < -0.3 is 0 Å². The number of benzene rings is 2. The van der Waals surface area contributed by atoms with Crippen molar-refractivity contribution < 1.29 is 4.79 Å². The van der Waals surface area contributed by atoms with E-state index >= 15 is 0 Å². The zero-order chi connectivity index (χ0) is 17.4. The molecule has 0 bridgehead atoms. The molecular formula is C20H16ClN3O. The molecule has 0 N–H and O–H groups in total. The second-order valence-electron chi connectivity index (χ2n) is 6.08. The minimum atomic E-state index is 0.0487. The van der Waals surface area contributed by atoms with Crippen LogP contribution in [-0.4, -0.2) is 15.9 Å². The maximum atomic E-state index is 12.5. The Hall–Kier alpha value is -2.72. The van der Waals surface area contributed by atoms with Gasteiger partial charge in [0.05, 0.1) is 13.0 Å². The zero-order valence-corrected chi connectivity index (χ0v) is 14.5. The Morgan fingerprint density at radius 2 is 1.76 bits per heavy atom. The molecule has 0 radical (unpaired) electrons. The Bertz CT molecular complexity index is 939. The van der Waals surface area contributed by atoms with Crippen LogP contribution in [0.3, 0.4) is 0 Å². The van der Waals surface area contributed by atoms with Gasteiger partial charge in [0, 0.05) is 21.8 Å². The molecule has 0 saturated heterocycles. The fourth-order valence-electron chi connectivity index (χ4n) is 3.03. The van der Waals surface area contributed by atoms with Crippen LogP contribution in [0.5, 0.6) is 0 Å². The van der Waals surface area contributed by atoms with Gasteiger partial charge in [-0.05, 0) is 24.6 Å². The highest BCUT2D eigenvalue weighted by Crippen LogP contribution is 2.32. The molecule has 1 aromatic heterocycles. The van der Waals surface area contributed by atoms with Crippen molar-refractivity contribution in [3.63, 3.8) is 0 Å². The van der Waals surface area contributed by atoms with Crippen molar-refractivity contribution in [3.05, 3.63) is 76.4 Å². The molecular weight excluding hydrogens is 334 g/mol. The maximum Gasteiger partial charge on any atom is 0.233 e. The molecule has 2 heterocycles. The van der Waals surface area contributed by atoms with Crippen molar-refractivity contribution in [2.75, 3.05) is 4.90 Å². The predicted octanol–water partition coefficient (Wildman–Crippen LogP) is 4.19. The molecule has 25 heavy (non-hydrogen) atoms. The number of nitrogens with zero attached hydrogens (tertiary/aromatic N) is 3. The van der Waals surface area contributed by atoms with Crippen LogP contribution in [0, 0.1) is 6.92 Å². The van der Waals surface area contributed by atoms with Gasteiger partial charge in [0.15, 0.2) is 5.82 Å². The van der Waals surface area contributed by atoms with E-state index in [1.54, 1.807) is 4.90 Å². The summed E-state index contributed by atoms with van der Waals surface area (Å²) < 4.78 is 0. The predicted molar refractivity (Wildman–Crippen MR) is 98.6 cm³/mol. The highest BCUT2D eigenvalue weighted by molar-refractivity contribution is 6.30. The molecule has 5 heteroatoms. The van der Waals surface area contributed by atoms with Crippen molar-refractivity contribution in [1.29, 1.82) is 0 Å². The quantitative estimate of drug-likeness (QED) is 0.712. The molecule has 0 unspecified atom stereocenters. The normalized spacial score (nSPS) is 13.2. The molecule has 0 atom stereocenters. The number of anilines is 1. The lowest BCUT2D eigenvalue weighted by molar-refractivity contribution is -0.117. The molecule has 2 aromatic carbocycles. The van der Waals surface area contributed by atoms with E-state index in [-0.39, 0.29) is 5.91 Å². The number of aryl methyl sites for hydroxylation is 1. The van der Waals surface area contributed by atoms with Crippen molar-refractivity contribution in [3.8, 4) is 11.4 Å². The summed E-state index contributed by atoms with van der Waals surface area (Å²) in [4.78, 5) is 23.6. The van der Waals surface area contributed by atoms with Crippen LogP contribution < -0.4 is 4.90 Å². The molecule has 4 rings (SSSR count). The second kappa shape index (κ2) is 6.30. The van der Waals surface area contributed by atoms with E-state index in [0.717, 1.165) is 22.4 Å². The van der Waals surface area contributed by atoms with E-state index in [2.05, 4.69) is 4.98 Å². The van der Waals surface area contributed by atoms with E-state index in [1.807, 2.05) is 61.5 Å². The summed E-state index contributed by atoms with van der Waals surface area (Å²) in [7, 11) is 0. The molecule has 1 amide bonds. The Kier molecular flexibility index (Phi) is 3.98. The number of fused-ring (bicyclic) bond motifs is 1. The number of halogens is 1. The Balaban J connectivity index is 1.74. The first kappa shape index (κ1) is 15.8. The molecule has 0 saturated carbocycles. The number of rotatable bonds is 3. The van der Waals surface area contributed by atoms with Gasteiger partial charge in [-0.3, -0.25) is 9.69 Å². The van der Waals surface area contributed by atoms with E-state index < -0.39 is 0 Å². The molecule has 3 aromatic rings. The first-order valence-corrected chi connectivity index (χ1v) is 8.47. The smallest absolute Gasteiger partial charge is 0.233 e. The monoisotopic (exact) mass is 349 g/mol. The topological polar surface area (TPSA) is 46.1 Å². The zero-order valence-electron chi connectivity index (χ0n) is 13.7. The summed E-state index contributed by atoms with van der Waals surface area (Å²) in [6.45, 7) is 2.42. The van der Waals surface area contributed by atoms with Gasteiger partial charge in [-0.15, -0.1) is 0 Å². The average Bonchev–Trinajstić information content (AvgIpc) is 2.94. The van der Waals surface area contributed by atoms with E-state index in [4.69, 9.17) is 16.6 Å². The summed E-state index contributed by atoms with van der Waals surface area (Å²) >= 11 is 5.95. The molecule has 1 aliphatic heterocycles. The summed E-state index contributed by atoms with van der Waals surface area (Å²) in [6.07, 6.45) is 0.351. The van der Waals surface area contributed by atoms with Crippen LogP contribution in [0.25, 0.3) is 11.4 Å². The summed E-state index contributed by atoms with van der Waals surface area (Å²) in [5.74, 6) is 1.41. The summed E-state index contributed by atoms with van der Waals surface area (Å²) in [6, 6.07) is 17.3. The van der Waals surface area contributed by atoms with Gasteiger partial charge >= 0.3 is 0 Å². The van der Waals surface area contributed by atoms with Gasteiger partial charge in [-0.1, -0.05) is 54.1 Å². The summed E-state index contributed by atoms with van der Waals surface area (Å²) in [5, 5.41) is 0.682. The number of amides is 1. The van der Waals surface area contributed by atoms with Gasteiger partial charge in [0.25, 0.3) is 0 Å². The lowest BCUT2D eigenvalue weighted by atomic mass is 10.1. The SMILES string of the molecule is Cc1nc(-c2ccccc2)nc2c1CC(=O)N2Cc1ccc(Cl)cc1. The maximum absolute atomic E-state index is 12.5. The third-order valence-corrected chi connectivity index (χ3v) is 4.61. The van der Waals surface area contributed by atoms with Crippen LogP contribution in [-0.2, 0) is 17.8 Å². The van der Waals surface area contributed by atoms with Gasteiger partial charge in [0.1, 0.15) is 5.82 Å². The highest BCUT2D eigenvalue weighted by atomic mass is 35.5. The van der Waals surface area contributed by atoms with Gasteiger partial charge in [0.2, 0.25) is 5.91 Å². The minimum Gasteiger partial charge on any atom is -0.292 e. The first-order valence-electron chi connectivity index (χ1n) is 8.09. The van der Waals surface area contributed by atoms with Crippen LogP contribution in [0.15, 0.2) is 54.6 Å². The lowest BCUT2D eigenvalue weighted by Gasteiger charge is -2.17. The molecule has 124 valence electrons. The van der Waals surface area contributed by atoms with E-state index in [0.29, 0.717) is 29.6 Å². The summed E-state index contributed by atoms with van der Waals surface area (Å²) in [5.41, 5.74) is 3.73. The van der Waals surface area contributed by atoms with Gasteiger partial charge in [-0.25, -0.2) is 9.97 Å². The third kappa shape index (κ3) is 3.01. The number of hydrogen-bond donors (Lipinski definition) is 0. The van der Waals surface area contributed by atoms with Crippen molar-refractivity contribution >= 4 is 23.3 Å². The van der Waals surface area contributed by atoms with E-state index in [1.165, 1.54) is 0 Å². The molecule has 1 aliphatic rings. The molecule has 0 fully saturated rings. The molecule has 4 nitrogen and oxygen atoms in total. The standard InChI is InChI=1S/C20H16ClN3O/c1-13-17-11-18(25)24(12-14-7-9-16(21)10-8-14)20(17)23-19(22-13)15-5-3-2-4-6-15/h2-10H,11-12H2,1H3. The van der Waals surface area contributed by atoms with Crippen molar-refractivity contribution in [1.82, 2.24) is 9.97 Å². The number of carbonyl (C=O) groups excluding carboxylic acids is 1. The highest BCUT2D eigenvalue weighted by Gasteiger charge is 2.31. The van der Waals surface area contributed by atoms with Crippen molar-refractivity contribution in [2.45, 2.75) is 19.9 Å². The number of hydrogen-bond acceptors (Lipinski definition) is 3. The van der Waals surface area contributed by atoms with Gasteiger partial charge in [-0.2, -0.15) is 0 Å². The largest absolute Gasteiger partial charge is 0.292 e. The first-order chi connectivity index (χ1) is 12.1. The van der Waals surface area contributed by atoms with Crippen LogP contribution in [0.4, 0.5) is 5.82 Å². The fourth-order valence-corrected chi connectivity index (χ4v) is 3.15. The molecule has 0 aliphatic carbocycles. The Morgan fingerprint density at radius 3 is 2.48 bits per heavy atom. The average molecular weight is 350 g/mol. The van der Waals surface area contributed by atoms with Crippen LogP contribution >= 0.6 is 11.6 Å². The Morgan fingerprint density at radius 1 is 1.04 bits per heavy atom. The number of aromatic nitrogens is 2. The lowest BCUT2D eigenvalue weighted by Crippen LogP contribution is -2.26. The second-order valence-corrected chi connectivity index (χ2v) is 6.52. The third-order valence-electron chi connectivity index (χ3n) is 4.36. The molecule has 0 spiro atoms. The van der Waals surface area contributed by atoms with E-state index in [9.17, 15) is 4.79 Å². The van der Waals surface area contributed by atoms with Crippen molar-refractivity contribution in [2.24, 2.45) is 0 Å². The number of carbonyl (C=O) groups is 1.